The molecule has 8 nitrogen and oxygen atoms in total. The number of nitrogens with one attached hydrogen (secondary N) is 2. The Balaban J connectivity index is 1.82. The minimum Gasteiger partial charge on any atom is -0.467 e. The Morgan fingerprint density at radius 3 is 2.64 bits per heavy atom. The standard InChI is InChI=1S/C22H22F3N7O/c1-27-16-4-13(23)3-14-17-19(32-9-12(5-26)22(24,25)10-32)15(8-28-20(17)31-18(14)16)11-6-29-21(33-2)30-7-11/h3-4,6-8,12,27H,5,9-10,26H2,1-2H3,(H,28,31). The van der Waals surface area contributed by atoms with E-state index < -0.39 is 24.2 Å². The lowest BCUT2D eigenvalue weighted by molar-refractivity contribution is -0.0170. The van der Waals surface area contributed by atoms with Crippen LogP contribution in [0.25, 0.3) is 33.1 Å². The predicted molar refractivity (Wildman–Crippen MR) is 120 cm³/mol. The van der Waals surface area contributed by atoms with Crippen LogP contribution < -0.4 is 20.7 Å². The van der Waals surface area contributed by atoms with Crippen LogP contribution in [0.5, 0.6) is 6.01 Å². The number of hydrogen-bond donors (Lipinski definition) is 3. The Kier molecular flexibility index (Phi) is 5.00. The van der Waals surface area contributed by atoms with Crippen LogP contribution >= 0.6 is 0 Å². The molecule has 5 rings (SSSR count). The van der Waals surface area contributed by atoms with Crippen molar-refractivity contribution >= 4 is 33.3 Å². The van der Waals surface area contributed by atoms with Gasteiger partial charge in [-0.15, -0.1) is 0 Å². The van der Waals surface area contributed by atoms with Crippen LogP contribution in [0.3, 0.4) is 0 Å². The molecule has 4 heterocycles. The average molecular weight is 457 g/mol. The number of fused-ring (bicyclic) bond motifs is 3. The molecule has 11 heteroatoms. The van der Waals surface area contributed by atoms with Crippen LogP contribution in [-0.2, 0) is 0 Å². The van der Waals surface area contributed by atoms with Crippen molar-refractivity contribution < 1.29 is 17.9 Å². The smallest absolute Gasteiger partial charge is 0.316 e. The van der Waals surface area contributed by atoms with Gasteiger partial charge in [0.15, 0.2) is 0 Å². The Hall–Kier alpha value is -3.60. The molecule has 1 aromatic carbocycles. The summed E-state index contributed by atoms with van der Waals surface area (Å²) in [5.41, 5.74) is 8.90. The second-order valence-electron chi connectivity index (χ2n) is 8.03. The van der Waals surface area contributed by atoms with Crippen molar-refractivity contribution in [2.75, 3.05) is 44.0 Å². The number of aromatic nitrogens is 4. The van der Waals surface area contributed by atoms with Crippen LogP contribution in [0.15, 0.2) is 30.7 Å². The van der Waals surface area contributed by atoms with Gasteiger partial charge in [0.05, 0.1) is 41.9 Å². The highest BCUT2D eigenvalue weighted by Crippen LogP contribution is 2.45. The molecule has 4 N–H and O–H groups in total. The topological polar surface area (TPSA) is 105 Å². The summed E-state index contributed by atoms with van der Waals surface area (Å²) >= 11 is 0. The van der Waals surface area contributed by atoms with E-state index >= 15 is 0 Å². The Bertz CT molecular complexity index is 1340. The Morgan fingerprint density at radius 2 is 2.00 bits per heavy atom. The molecule has 1 fully saturated rings. The van der Waals surface area contributed by atoms with Gasteiger partial charge in [-0.2, -0.15) is 0 Å². The van der Waals surface area contributed by atoms with E-state index in [0.29, 0.717) is 44.4 Å². The van der Waals surface area contributed by atoms with E-state index in [1.807, 2.05) is 0 Å². The lowest BCUT2D eigenvalue weighted by Gasteiger charge is -2.23. The van der Waals surface area contributed by atoms with E-state index in [1.165, 1.54) is 19.2 Å². The number of H-pyrrole nitrogens is 1. The van der Waals surface area contributed by atoms with Crippen molar-refractivity contribution in [3.05, 3.63) is 36.5 Å². The lowest BCUT2D eigenvalue weighted by Crippen LogP contribution is -2.32. The normalized spacial score (nSPS) is 17.8. The summed E-state index contributed by atoms with van der Waals surface area (Å²) in [6.45, 7) is -0.614. The Morgan fingerprint density at radius 1 is 1.24 bits per heavy atom. The first kappa shape index (κ1) is 21.3. The molecule has 1 unspecified atom stereocenters. The van der Waals surface area contributed by atoms with Crippen molar-refractivity contribution in [2.24, 2.45) is 11.7 Å². The van der Waals surface area contributed by atoms with Crippen molar-refractivity contribution in [2.45, 2.75) is 5.92 Å². The molecule has 1 atom stereocenters. The van der Waals surface area contributed by atoms with Crippen molar-refractivity contribution in [3.8, 4) is 17.1 Å². The highest BCUT2D eigenvalue weighted by atomic mass is 19.3. The molecule has 0 bridgehead atoms. The van der Waals surface area contributed by atoms with E-state index in [9.17, 15) is 13.2 Å². The molecule has 1 aliphatic rings. The van der Waals surface area contributed by atoms with Gasteiger partial charge in [0.25, 0.3) is 5.92 Å². The van der Waals surface area contributed by atoms with Crippen LogP contribution in [0, 0.1) is 11.7 Å². The molecule has 33 heavy (non-hydrogen) atoms. The second-order valence-corrected chi connectivity index (χ2v) is 8.03. The number of aromatic amines is 1. The first-order valence-corrected chi connectivity index (χ1v) is 10.4. The Labute approximate surface area is 187 Å². The van der Waals surface area contributed by atoms with Gasteiger partial charge in [-0.05, 0) is 12.1 Å². The van der Waals surface area contributed by atoms with Crippen molar-refractivity contribution in [3.63, 3.8) is 0 Å². The van der Waals surface area contributed by atoms with Gasteiger partial charge in [-0.25, -0.2) is 28.1 Å². The van der Waals surface area contributed by atoms with E-state index in [0.717, 1.165) is 0 Å². The minimum absolute atomic E-state index is 0.0491. The third-order valence-corrected chi connectivity index (χ3v) is 6.10. The molecule has 0 saturated carbocycles. The second kappa shape index (κ2) is 7.77. The summed E-state index contributed by atoms with van der Waals surface area (Å²) < 4.78 is 49.0. The van der Waals surface area contributed by atoms with E-state index in [-0.39, 0.29) is 19.1 Å². The number of hydrogen-bond acceptors (Lipinski definition) is 7. The molecular formula is C22H22F3N7O. The molecule has 3 aromatic heterocycles. The average Bonchev–Trinajstić information content (AvgIpc) is 3.34. The maximum absolute atomic E-state index is 14.7. The number of halogens is 3. The fraction of sp³-hybridized carbons (Fsp3) is 0.318. The summed E-state index contributed by atoms with van der Waals surface area (Å²) in [6, 6.07) is 2.92. The summed E-state index contributed by atoms with van der Waals surface area (Å²) in [6.07, 6.45) is 4.67. The number of rotatable bonds is 5. The van der Waals surface area contributed by atoms with Gasteiger partial charge < -0.3 is 25.7 Å². The number of ether oxygens (including phenoxy) is 1. The number of methoxy groups -OCH3 is 1. The first-order chi connectivity index (χ1) is 15.9. The van der Waals surface area contributed by atoms with E-state index in [4.69, 9.17) is 10.5 Å². The number of nitrogens with zero attached hydrogens (tertiary/aromatic N) is 4. The number of nitrogens with two attached hydrogens (primary N) is 1. The minimum atomic E-state index is -2.97. The molecular weight excluding hydrogens is 435 g/mol. The summed E-state index contributed by atoms with van der Waals surface area (Å²) in [5, 5.41) is 4.05. The maximum Gasteiger partial charge on any atom is 0.316 e. The van der Waals surface area contributed by atoms with Gasteiger partial charge in [-0.1, -0.05) is 0 Å². The third-order valence-electron chi connectivity index (χ3n) is 6.10. The van der Waals surface area contributed by atoms with E-state index in [1.54, 1.807) is 30.5 Å². The van der Waals surface area contributed by atoms with Crippen LogP contribution in [-0.4, -0.2) is 59.7 Å². The molecule has 1 aliphatic heterocycles. The zero-order valence-electron chi connectivity index (χ0n) is 18.0. The lowest BCUT2D eigenvalue weighted by atomic mass is 10.0. The molecule has 4 aromatic rings. The monoisotopic (exact) mass is 457 g/mol. The number of anilines is 2. The summed E-state index contributed by atoms with van der Waals surface area (Å²) in [7, 11) is 3.13. The summed E-state index contributed by atoms with van der Waals surface area (Å²) in [4.78, 5) is 17.6. The van der Waals surface area contributed by atoms with Gasteiger partial charge in [0.1, 0.15) is 11.5 Å². The number of pyridine rings is 1. The van der Waals surface area contributed by atoms with Gasteiger partial charge in [0, 0.05) is 55.2 Å². The van der Waals surface area contributed by atoms with E-state index in [2.05, 4.69) is 25.3 Å². The number of benzene rings is 1. The van der Waals surface area contributed by atoms with Crippen LogP contribution in [0.4, 0.5) is 24.5 Å². The fourth-order valence-corrected chi connectivity index (χ4v) is 4.47. The number of alkyl halides is 2. The highest BCUT2D eigenvalue weighted by Gasteiger charge is 2.48. The zero-order chi connectivity index (χ0) is 23.3. The highest BCUT2D eigenvalue weighted by molar-refractivity contribution is 6.17. The molecule has 0 spiro atoms. The van der Waals surface area contributed by atoms with Crippen LogP contribution in [0.1, 0.15) is 0 Å². The van der Waals surface area contributed by atoms with Crippen molar-refractivity contribution in [1.82, 2.24) is 19.9 Å². The zero-order valence-corrected chi connectivity index (χ0v) is 18.0. The van der Waals surface area contributed by atoms with Gasteiger partial charge >= 0.3 is 6.01 Å². The molecule has 1 saturated heterocycles. The predicted octanol–water partition coefficient (Wildman–Crippen LogP) is 3.39. The third kappa shape index (κ3) is 3.39. The molecule has 0 radical (unpaired) electrons. The SMILES string of the molecule is CNc1cc(F)cc2c1[nH]c1ncc(-c3cnc(OC)nc3)c(N3CC(CN)C(F)(F)C3)c12. The molecule has 0 amide bonds. The quantitative estimate of drug-likeness (QED) is 0.422. The van der Waals surface area contributed by atoms with Crippen LogP contribution in [0.2, 0.25) is 0 Å². The molecule has 172 valence electrons. The largest absolute Gasteiger partial charge is 0.467 e. The van der Waals surface area contributed by atoms with Gasteiger partial charge in [-0.3, -0.25) is 0 Å². The summed E-state index contributed by atoms with van der Waals surface area (Å²) in [5.74, 6) is -4.43. The van der Waals surface area contributed by atoms with Gasteiger partial charge in [0.2, 0.25) is 0 Å². The fourth-order valence-electron chi connectivity index (χ4n) is 4.47. The maximum atomic E-state index is 14.7. The van der Waals surface area contributed by atoms with Crippen molar-refractivity contribution in [1.29, 1.82) is 0 Å². The molecule has 0 aliphatic carbocycles. The first-order valence-electron chi connectivity index (χ1n) is 10.4.